The van der Waals surface area contributed by atoms with E-state index in [0.29, 0.717) is 0 Å². The lowest BCUT2D eigenvalue weighted by Gasteiger charge is -2.05. The molecule has 0 saturated carbocycles. The number of rotatable bonds is 10. The average Bonchev–Trinajstić information content (AvgIpc) is 2.37. The van der Waals surface area contributed by atoms with Gasteiger partial charge in [-0.3, -0.25) is 0 Å². The van der Waals surface area contributed by atoms with E-state index in [4.69, 9.17) is 0 Å². The molecule has 0 spiro atoms. The lowest BCUT2D eigenvalue weighted by atomic mass is 10.3. The molecule has 0 atom stereocenters. The van der Waals surface area contributed by atoms with Crippen molar-refractivity contribution in [3.05, 3.63) is 0 Å². The van der Waals surface area contributed by atoms with Gasteiger partial charge in [0.25, 0.3) is 35.5 Å². The molecule has 0 radical (unpaired) electrons. The van der Waals surface area contributed by atoms with Crippen molar-refractivity contribution < 1.29 is 33.7 Å². The van der Waals surface area contributed by atoms with Gasteiger partial charge in [-0.05, 0) is 12.8 Å². The third kappa shape index (κ3) is 5.49. The van der Waals surface area contributed by atoms with Crippen LogP contribution in [0.1, 0.15) is 33.1 Å². The zero-order chi connectivity index (χ0) is 16.9. The van der Waals surface area contributed by atoms with E-state index in [1.165, 1.54) is 13.8 Å². The zero-order valence-electron chi connectivity index (χ0n) is 11.8. The van der Waals surface area contributed by atoms with Crippen LogP contribution in [0.5, 0.6) is 0 Å². The van der Waals surface area contributed by atoms with Crippen molar-refractivity contribution in [2.75, 3.05) is 23.0 Å². The molecule has 0 aromatic carbocycles. The molecule has 128 valence electrons. The van der Waals surface area contributed by atoms with Gasteiger partial charge in [0.1, 0.15) is 0 Å². The first kappa shape index (κ1) is 20.8. The minimum atomic E-state index is -4.25. The summed E-state index contributed by atoms with van der Waals surface area (Å²) >= 11 is 0. The fraction of sp³-hybridized carbons (Fsp3) is 1.00. The molecule has 0 unspecified atom stereocenters. The molecule has 0 aliphatic rings. The van der Waals surface area contributed by atoms with Crippen LogP contribution in [0.15, 0.2) is 0 Å². The third-order valence-electron chi connectivity index (χ3n) is 2.77. The van der Waals surface area contributed by atoms with Crippen molar-refractivity contribution in [1.29, 1.82) is 0 Å². The van der Waals surface area contributed by atoms with Crippen LogP contribution in [-0.4, -0.2) is 56.7 Å². The lowest BCUT2D eigenvalue weighted by molar-refractivity contribution is 0.577. The molecule has 0 N–H and O–H groups in total. The van der Waals surface area contributed by atoms with Crippen molar-refractivity contribution in [2.24, 2.45) is 0 Å². The minimum Gasteiger partial charge on any atom is -0.213 e. The Labute approximate surface area is 125 Å². The average molecular weight is 385 g/mol. The Kier molecular flexibility index (Phi) is 7.31. The second-order valence-corrected chi connectivity index (χ2v) is 16.8. The molecule has 0 fully saturated rings. The summed E-state index contributed by atoms with van der Waals surface area (Å²) < 4.78 is 90.8. The van der Waals surface area contributed by atoms with Crippen LogP contribution >= 0.6 is 0 Å². The first-order valence-electron chi connectivity index (χ1n) is 6.24. The van der Waals surface area contributed by atoms with E-state index in [-0.39, 0.29) is 19.3 Å². The van der Waals surface area contributed by atoms with Gasteiger partial charge in [-0.25, -0.2) is 33.7 Å². The van der Waals surface area contributed by atoms with Crippen LogP contribution in [0, 0.1) is 0 Å². The predicted octanol–water partition coefficient (Wildman–Crippen LogP) is -0.314. The topological polar surface area (TPSA) is 137 Å². The van der Waals surface area contributed by atoms with E-state index in [9.17, 15) is 33.7 Å². The standard InChI is InChI=1S/C9H20O8S4/c1-3-18(10,11)20(14,15)8-6-5-7-9-21(16,17)19(12,13)4-2/h3-9H2,1-2H3. The Balaban J connectivity index is 4.46. The smallest absolute Gasteiger partial charge is 0.213 e. The summed E-state index contributed by atoms with van der Waals surface area (Å²) in [5.74, 6) is -2.22. The summed E-state index contributed by atoms with van der Waals surface area (Å²) in [7, 11) is -16.9. The largest absolute Gasteiger partial charge is 0.253 e. The summed E-state index contributed by atoms with van der Waals surface area (Å²) in [4.78, 5) is 0. The van der Waals surface area contributed by atoms with Crippen molar-refractivity contribution >= 4 is 35.5 Å². The van der Waals surface area contributed by atoms with Gasteiger partial charge in [0, 0.05) is 0 Å². The fourth-order valence-electron chi connectivity index (χ4n) is 1.35. The van der Waals surface area contributed by atoms with E-state index in [1.807, 2.05) is 0 Å². The molecule has 0 aromatic heterocycles. The summed E-state index contributed by atoms with van der Waals surface area (Å²) in [5.41, 5.74) is 0. The first-order chi connectivity index (χ1) is 9.33. The Bertz CT molecular complexity index is 675. The van der Waals surface area contributed by atoms with Crippen molar-refractivity contribution in [1.82, 2.24) is 0 Å². The van der Waals surface area contributed by atoms with Gasteiger partial charge in [-0.1, -0.05) is 20.3 Å². The molecule has 0 saturated heterocycles. The molecular formula is C9H20O8S4. The molecule has 0 aliphatic heterocycles. The number of unbranched alkanes of at least 4 members (excludes halogenated alkanes) is 2. The highest BCUT2D eigenvalue weighted by Gasteiger charge is 2.28. The fourth-order valence-corrected chi connectivity index (χ4v) is 8.07. The SMILES string of the molecule is CCS(=O)(=O)S(=O)(=O)CCCCCS(=O)(=O)S(=O)(=O)CC. The van der Waals surface area contributed by atoms with Crippen molar-refractivity contribution in [3.63, 3.8) is 0 Å². The first-order valence-corrected chi connectivity index (χ1v) is 13.9. The van der Waals surface area contributed by atoms with Gasteiger partial charge in [-0.2, -0.15) is 0 Å². The van der Waals surface area contributed by atoms with E-state index in [1.54, 1.807) is 0 Å². The molecule has 0 bridgehead atoms. The van der Waals surface area contributed by atoms with E-state index in [0.717, 1.165) is 0 Å². The maximum absolute atomic E-state index is 11.4. The van der Waals surface area contributed by atoms with Crippen LogP contribution in [0.3, 0.4) is 0 Å². The Morgan fingerprint density at radius 3 is 1.00 bits per heavy atom. The predicted molar refractivity (Wildman–Crippen MR) is 80.3 cm³/mol. The number of hydrogen-bond acceptors (Lipinski definition) is 8. The Hall–Kier alpha value is -0.200. The monoisotopic (exact) mass is 384 g/mol. The summed E-state index contributed by atoms with van der Waals surface area (Å²) in [6.07, 6.45) is 0.0312. The van der Waals surface area contributed by atoms with Gasteiger partial charge < -0.3 is 0 Å². The quantitative estimate of drug-likeness (QED) is 0.369. The van der Waals surface area contributed by atoms with Crippen LogP contribution < -0.4 is 0 Å². The summed E-state index contributed by atoms with van der Waals surface area (Å²) in [5, 5.41) is 0. The maximum Gasteiger partial charge on any atom is 0.253 e. The molecule has 0 heterocycles. The molecule has 0 aromatic rings. The van der Waals surface area contributed by atoms with Gasteiger partial charge in [-0.15, -0.1) is 0 Å². The van der Waals surface area contributed by atoms with Gasteiger partial charge in [0.05, 0.1) is 23.0 Å². The van der Waals surface area contributed by atoms with Gasteiger partial charge >= 0.3 is 0 Å². The highest BCUT2D eigenvalue weighted by molar-refractivity contribution is 8.67. The second-order valence-electron chi connectivity index (χ2n) is 4.28. The third-order valence-corrected chi connectivity index (χ3v) is 14.4. The Morgan fingerprint density at radius 2 is 0.762 bits per heavy atom. The highest BCUT2D eigenvalue weighted by Crippen LogP contribution is 2.11. The second kappa shape index (κ2) is 7.38. The van der Waals surface area contributed by atoms with Gasteiger partial charge in [0.15, 0.2) is 0 Å². The van der Waals surface area contributed by atoms with Crippen molar-refractivity contribution in [2.45, 2.75) is 33.1 Å². The maximum atomic E-state index is 11.4. The normalized spacial score (nSPS) is 14.2. The van der Waals surface area contributed by atoms with Gasteiger partial charge in [0.2, 0.25) is 0 Å². The lowest BCUT2D eigenvalue weighted by Crippen LogP contribution is -2.22. The highest BCUT2D eigenvalue weighted by atomic mass is 33.2. The zero-order valence-corrected chi connectivity index (χ0v) is 15.1. The van der Waals surface area contributed by atoms with Crippen LogP contribution in [0.2, 0.25) is 0 Å². The van der Waals surface area contributed by atoms with E-state index >= 15 is 0 Å². The molecule has 0 aliphatic carbocycles. The van der Waals surface area contributed by atoms with Crippen molar-refractivity contribution in [3.8, 4) is 0 Å². The Morgan fingerprint density at radius 1 is 0.476 bits per heavy atom. The molecule has 21 heavy (non-hydrogen) atoms. The minimum absolute atomic E-state index is 0.0384. The molecule has 0 rings (SSSR count). The summed E-state index contributed by atoms with van der Waals surface area (Å²) in [6, 6.07) is 0. The van der Waals surface area contributed by atoms with E-state index < -0.39 is 58.5 Å². The molecule has 12 heteroatoms. The van der Waals surface area contributed by atoms with Crippen LogP contribution in [0.4, 0.5) is 0 Å². The van der Waals surface area contributed by atoms with Crippen LogP contribution in [0.25, 0.3) is 0 Å². The number of hydrogen-bond donors (Lipinski definition) is 0. The molecule has 8 nitrogen and oxygen atoms in total. The van der Waals surface area contributed by atoms with E-state index in [2.05, 4.69) is 0 Å². The summed E-state index contributed by atoms with van der Waals surface area (Å²) in [6.45, 7) is 2.43. The van der Waals surface area contributed by atoms with Crippen LogP contribution in [-0.2, 0) is 35.5 Å². The molecular weight excluding hydrogens is 364 g/mol. The molecule has 0 amide bonds.